The first-order valence-electron chi connectivity index (χ1n) is 8.92. The number of imidazole rings is 1. The van der Waals surface area contributed by atoms with Gasteiger partial charge in [0.2, 0.25) is 11.8 Å². The van der Waals surface area contributed by atoms with E-state index < -0.39 is 0 Å². The van der Waals surface area contributed by atoms with Crippen molar-refractivity contribution in [3.63, 3.8) is 0 Å². The normalized spacial score (nSPS) is 13.3. The first-order chi connectivity index (χ1) is 13.3. The fraction of sp³-hybridized carbons (Fsp3) is 0.250. The monoisotopic (exact) mass is 363 g/mol. The van der Waals surface area contributed by atoms with Crippen molar-refractivity contribution in [1.82, 2.24) is 19.5 Å². The molecule has 0 N–H and O–H groups in total. The zero-order valence-electron chi connectivity index (χ0n) is 15.4. The van der Waals surface area contributed by atoms with Crippen LogP contribution in [0.2, 0.25) is 0 Å². The first-order valence-corrected chi connectivity index (χ1v) is 8.92. The molecule has 4 heterocycles. The smallest absolute Gasteiger partial charge is 0.216 e. The summed E-state index contributed by atoms with van der Waals surface area (Å²) in [4.78, 5) is 15.8. The third-order valence-corrected chi connectivity index (χ3v) is 4.19. The Labute approximate surface area is 157 Å². The highest BCUT2D eigenvalue weighted by Crippen LogP contribution is 2.29. The Morgan fingerprint density at radius 2 is 2.07 bits per heavy atom. The van der Waals surface area contributed by atoms with E-state index in [-0.39, 0.29) is 0 Å². The summed E-state index contributed by atoms with van der Waals surface area (Å²) < 4.78 is 12.9. The van der Waals surface area contributed by atoms with E-state index in [0.29, 0.717) is 12.5 Å². The number of methoxy groups -OCH3 is 1. The van der Waals surface area contributed by atoms with Crippen molar-refractivity contribution in [2.24, 2.45) is 0 Å². The van der Waals surface area contributed by atoms with Crippen molar-refractivity contribution in [3.8, 4) is 17.3 Å². The lowest BCUT2D eigenvalue weighted by molar-refractivity contribution is 0.316. The maximum Gasteiger partial charge on any atom is 0.216 e. The molecular formula is C20H21N5O2. The molecule has 3 aromatic rings. The van der Waals surface area contributed by atoms with Crippen molar-refractivity contribution < 1.29 is 9.47 Å². The van der Waals surface area contributed by atoms with Gasteiger partial charge in [-0.2, -0.15) is 0 Å². The minimum absolute atomic E-state index is 0.564. The summed E-state index contributed by atoms with van der Waals surface area (Å²) in [6.45, 7) is 3.47. The van der Waals surface area contributed by atoms with E-state index in [1.54, 1.807) is 19.5 Å². The van der Waals surface area contributed by atoms with Gasteiger partial charge in [0.25, 0.3) is 0 Å². The molecule has 1 aliphatic rings. The highest BCUT2D eigenvalue weighted by molar-refractivity contribution is 5.79. The summed E-state index contributed by atoms with van der Waals surface area (Å²) in [5, 5.41) is 0. The maximum atomic E-state index is 5.71. The zero-order chi connectivity index (χ0) is 18.6. The van der Waals surface area contributed by atoms with E-state index in [2.05, 4.69) is 27.9 Å². The second kappa shape index (κ2) is 7.49. The molecule has 0 fully saturated rings. The van der Waals surface area contributed by atoms with Crippen LogP contribution in [0.25, 0.3) is 16.9 Å². The lowest BCUT2D eigenvalue weighted by Crippen LogP contribution is -2.21. The fourth-order valence-electron chi connectivity index (χ4n) is 2.91. The predicted molar refractivity (Wildman–Crippen MR) is 105 cm³/mol. The van der Waals surface area contributed by atoms with Gasteiger partial charge in [-0.3, -0.25) is 4.57 Å². The largest absolute Gasteiger partial charge is 0.492 e. The average Bonchev–Trinajstić information content (AvgIpc) is 3.11. The molecule has 0 aromatic carbocycles. The van der Waals surface area contributed by atoms with E-state index in [4.69, 9.17) is 14.5 Å². The van der Waals surface area contributed by atoms with Gasteiger partial charge in [-0.15, -0.1) is 0 Å². The summed E-state index contributed by atoms with van der Waals surface area (Å²) >= 11 is 0. The molecule has 138 valence electrons. The number of hydrogen-bond donors (Lipinski definition) is 0. The standard InChI is InChI=1S/C20H21N5O2/c1-3-11-27-16-12-17-19(22-14-16)25(15-7-8-18(26-2)21-13-15)20(23-17)24-9-5-4-6-10-24/h4-9,12-14H,3,10-11H2,1-2H3. The van der Waals surface area contributed by atoms with Gasteiger partial charge in [0.1, 0.15) is 11.3 Å². The van der Waals surface area contributed by atoms with Crippen molar-refractivity contribution >= 4 is 17.1 Å². The van der Waals surface area contributed by atoms with E-state index >= 15 is 0 Å². The number of fused-ring (bicyclic) bond motifs is 1. The van der Waals surface area contributed by atoms with Crippen LogP contribution >= 0.6 is 0 Å². The van der Waals surface area contributed by atoms with Crippen molar-refractivity contribution in [2.45, 2.75) is 13.3 Å². The summed E-state index contributed by atoms with van der Waals surface area (Å²) in [5.74, 6) is 2.06. The number of hydrogen-bond acceptors (Lipinski definition) is 6. The Kier molecular flexibility index (Phi) is 4.74. The summed E-state index contributed by atoms with van der Waals surface area (Å²) in [6, 6.07) is 5.71. The van der Waals surface area contributed by atoms with Crippen LogP contribution in [0.15, 0.2) is 55.0 Å². The second-order valence-electron chi connectivity index (χ2n) is 6.09. The highest BCUT2D eigenvalue weighted by Gasteiger charge is 2.19. The Bertz CT molecular complexity index is 992. The molecule has 7 nitrogen and oxygen atoms in total. The van der Waals surface area contributed by atoms with Crippen LogP contribution in [0.4, 0.5) is 5.95 Å². The lowest BCUT2D eigenvalue weighted by Gasteiger charge is -2.20. The van der Waals surface area contributed by atoms with Gasteiger partial charge in [-0.05, 0) is 18.6 Å². The quantitative estimate of drug-likeness (QED) is 0.668. The third kappa shape index (κ3) is 3.36. The van der Waals surface area contributed by atoms with E-state index in [1.165, 1.54) is 0 Å². The summed E-state index contributed by atoms with van der Waals surface area (Å²) in [5.41, 5.74) is 2.40. The predicted octanol–water partition coefficient (Wildman–Crippen LogP) is 3.50. The SMILES string of the molecule is CCCOc1cnc2c(c1)nc(N1C=CC=CC1)n2-c1ccc(OC)nc1. The number of allylic oxidation sites excluding steroid dienone is 2. The highest BCUT2D eigenvalue weighted by atomic mass is 16.5. The molecule has 0 aliphatic carbocycles. The number of aromatic nitrogens is 4. The van der Waals surface area contributed by atoms with Crippen molar-refractivity contribution in [3.05, 3.63) is 55.0 Å². The molecule has 0 bridgehead atoms. The van der Waals surface area contributed by atoms with Gasteiger partial charge in [0, 0.05) is 24.9 Å². The molecule has 0 atom stereocenters. The lowest BCUT2D eigenvalue weighted by atomic mass is 10.3. The van der Waals surface area contributed by atoms with Crippen LogP contribution in [0.3, 0.4) is 0 Å². The number of pyridine rings is 2. The van der Waals surface area contributed by atoms with E-state index in [0.717, 1.165) is 41.5 Å². The molecule has 0 radical (unpaired) electrons. The van der Waals surface area contributed by atoms with Crippen LogP contribution in [0, 0.1) is 0 Å². The number of ether oxygens (including phenoxy) is 2. The molecular weight excluding hydrogens is 342 g/mol. The number of nitrogens with zero attached hydrogens (tertiary/aromatic N) is 5. The van der Waals surface area contributed by atoms with Crippen molar-refractivity contribution in [1.29, 1.82) is 0 Å². The van der Waals surface area contributed by atoms with Crippen LogP contribution in [0.5, 0.6) is 11.6 Å². The van der Waals surface area contributed by atoms with E-state index in [9.17, 15) is 0 Å². The van der Waals surface area contributed by atoms with Crippen LogP contribution in [0.1, 0.15) is 13.3 Å². The summed E-state index contributed by atoms with van der Waals surface area (Å²) in [6.07, 6.45) is 12.5. The van der Waals surface area contributed by atoms with Crippen LogP contribution in [-0.4, -0.2) is 39.8 Å². The average molecular weight is 363 g/mol. The molecule has 4 rings (SSSR count). The molecule has 0 saturated heterocycles. The number of anilines is 1. The van der Waals surface area contributed by atoms with Crippen molar-refractivity contribution in [2.75, 3.05) is 25.2 Å². The fourth-order valence-corrected chi connectivity index (χ4v) is 2.91. The van der Waals surface area contributed by atoms with Gasteiger partial charge >= 0.3 is 0 Å². The Morgan fingerprint density at radius 3 is 2.78 bits per heavy atom. The van der Waals surface area contributed by atoms with Gasteiger partial charge in [0.05, 0.1) is 31.8 Å². The summed E-state index contributed by atoms with van der Waals surface area (Å²) in [7, 11) is 1.60. The molecule has 27 heavy (non-hydrogen) atoms. The maximum absolute atomic E-state index is 5.71. The van der Waals surface area contributed by atoms with Crippen LogP contribution < -0.4 is 14.4 Å². The van der Waals surface area contributed by atoms with Gasteiger partial charge in [-0.1, -0.05) is 19.1 Å². The Balaban J connectivity index is 1.84. The molecule has 0 unspecified atom stereocenters. The Morgan fingerprint density at radius 1 is 1.15 bits per heavy atom. The zero-order valence-corrected chi connectivity index (χ0v) is 15.4. The van der Waals surface area contributed by atoms with Gasteiger partial charge in [0.15, 0.2) is 5.65 Å². The minimum Gasteiger partial charge on any atom is -0.492 e. The molecule has 3 aromatic heterocycles. The van der Waals surface area contributed by atoms with E-state index in [1.807, 2.05) is 41.1 Å². The molecule has 0 amide bonds. The van der Waals surface area contributed by atoms with Gasteiger partial charge < -0.3 is 14.4 Å². The first kappa shape index (κ1) is 17.1. The van der Waals surface area contributed by atoms with Gasteiger partial charge in [-0.25, -0.2) is 15.0 Å². The molecule has 7 heteroatoms. The number of rotatable bonds is 6. The van der Waals surface area contributed by atoms with Crippen LogP contribution in [-0.2, 0) is 0 Å². The Hall–Kier alpha value is -3.35. The molecule has 0 saturated carbocycles. The second-order valence-corrected chi connectivity index (χ2v) is 6.09. The topological polar surface area (TPSA) is 65.3 Å². The minimum atomic E-state index is 0.564. The molecule has 0 spiro atoms. The third-order valence-electron chi connectivity index (χ3n) is 4.19. The molecule has 1 aliphatic heterocycles.